The lowest BCUT2D eigenvalue weighted by atomic mass is 10.2. The van der Waals surface area contributed by atoms with Crippen molar-refractivity contribution in [2.24, 2.45) is 0 Å². The second kappa shape index (κ2) is 10.4. The summed E-state index contributed by atoms with van der Waals surface area (Å²) in [5.41, 5.74) is 0. The Labute approximate surface area is 121 Å². The average Bonchev–Trinajstić information content (AvgIpc) is 2.38. The molecule has 0 rings (SSSR count). The zero-order valence-corrected chi connectivity index (χ0v) is 12.7. The Morgan fingerprint density at radius 1 is 1.10 bits per heavy atom. The molecule has 0 fully saturated rings. The maximum atomic E-state index is 10.8. The van der Waals surface area contributed by atoms with Crippen molar-refractivity contribution in [2.45, 2.75) is 38.5 Å². The van der Waals surface area contributed by atoms with Crippen LogP contribution in [0, 0.1) is 0 Å². The van der Waals surface area contributed by atoms with Crippen molar-refractivity contribution >= 4 is 11.9 Å². The second-order valence-corrected chi connectivity index (χ2v) is 5.64. The van der Waals surface area contributed by atoms with Gasteiger partial charge in [-0.3, -0.25) is 0 Å². The van der Waals surface area contributed by atoms with Crippen LogP contribution in [0.2, 0.25) is 0 Å². The monoisotopic (exact) mass is 285 g/mol. The number of aliphatic carboxylic acids is 1. The van der Waals surface area contributed by atoms with Gasteiger partial charge in [0.2, 0.25) is 0 Å². The number of rotatable bonds is 12. The van der Waals surface area contributed by atoms with E-state index in [1.54, 1.807) is 0 Å². The number of carboxylic acids is 1. The standard InChI is InChI=1S/C15H27NO4/c1-4-15(19)20-13-9-5-7-11-16(2,3)12-8-6-10-14(17)18/h4H,1,5-13H2,2-3H3. The van der Waals surface area contributed by atoms with Crippen LogP contribution in [-0.2, 0) is 14.3 Å². The van der Waals surface area contributed by atoms with Crippen molar-refractivity contribution in [1.29, 1.82) is 0 Å². The molecule has 0 atom stereocenters. The molecule has 0 amide bonds. The minimum atomic E-state index is -0.968. The van der Waals surface area contributed by atoms with Crippen LogP contribution in [0.15, 0.2) is 12.7 Å². The lowest BCUT2D eigenvalue weighted by Crippen LogP contribution is -2.41. The van der Waals surface area contributed by atoms with Crippen LogP contribution in [0.25, 0.3) is 0 Å². The van der Waals surface area contributed by atoms with E-state index >= 15 is 0 Å². The molecule has 0 aromatic carbocycles. The molecule has 0 N–H and O–H groups in total. The molecule has 0 aromatic rings. The number of unbranched alkanes of at least 4 members (excludes halogenated alkanes) is 3. The lowest BCUT2D eigenvalue weighted by Gasteiger charge is -2.30. The van der Waals surface area contributed by atoms with Gasteiger partial charge in [-0.15, -0.1) is 0 Å². The topological polar surface area (TPSA) is 66.4 Å². The number of carbonyl (C=O) groups excluding carboxylic acids is 2. The Bertz CT molecular complexity index is 313. The maximum absolute atomic E-state index is 10.8. The van der Waals surface area contributed by atoms with Gasteiger partial charge in [0, 0.05) is 12.0 Å². The van der Waals surface area contributed by atoms with Gasteiger partial charge >= 0.3 is 5.97 Å². The Morgan fingerprint density at radius 2 is 1.70 bits per heavy atom. The predicted molar refractivity (Wildman–Crippen MR) is 75.7 cm³/mol. The van der Waals surface area contributed by atoms with Crippen molar-refractivity contribution in [1.82, 2.24) is 0 Å². The molecule has 0 saturated heterocycles. The van der Waals surface area contributed by atoms with Crippen LogP contribution in [0.4, 0.5) is 0 Å². The highest BCUT2D eigenvalue weighted by Crippen LogP contribution is 2.07. The number of esters is 1. The predicted octanol–water partition coefficient (Wildman–Crippen LogP) is 0.883. The first-order chi connectivity index (χ1) is 9.37. The SMILES string of the molecule is C=CC(=O)OCCCCC[N+](C)(C)CCCCC(=O)[O-]. The van der Waals surface area contributed by atoms with Gasteiger partial charge in [-0.2, -0.15) is 0 Å². The third-order valence-corrected chi connectivity index (χ3v) is 3.21. The van der Waals surface area contributed by atoms with Gasteiger partial charge in [0.05, 0.1) is 33.8 Å². The number of quaternary nitrogens is 1. The fourth-order valence-electron chi connectivity index (χ4n) is 1.97. The lowest BCUT2D eigenvalue weighted by molar-refractivity contribution is -0.890. The summed E-state index contributed by atoms with van der Waals surface area (Å²) in [5.74, 6) is -1.33. The summed E-state index contributed by atoms with van der Waals surface area (Å²) in [4.78, 5) is 21.1. The number of carbonyl (C=O) groups is 2. The van der Waals surface area contributed by atoms with Crippen LogP contribution in [0.3, 0.4) is 0 Å². The molecule has 116 valence electrons. The molecule has 0 aromatic heterocycles. The summed E-state index contributed by atoms with van der Waals surface area (Å²) in [6, 6.07) is 0. The van der Waals surface area contributed by atoms with Crippen molar-refractivity contribution < 1.29 is 23.9 Å². The number of nitrogens with zero attached hydrogens (tertiary/aromatic N) is 1. The third kappa shape index (κ3) is 11.7. The normalized spacial score (nSPS) is 11.1. The first-order valence-corrected chi connectivity index (χ1v) is 7.18. The fourth-order valence-corrected chi connectivity index (χ4v) is 1.97. The fraction of sp³-hybridized carbons (Fsp3) is 0.733. The van der Waals surface area contributed by atoms with Crippen LogP contribution >= 0.6 is 0 Å². The molecule has 0 aliphatic rings. The molecule has 0 radical (unpaired) electrons. The molecule has 5 heteroatoms. The van der Waals surface area contributed by atoms with Crippen molar-refractivity contribution in [2.75, 3.05) is 33.8 Å². The highest BCUT2D eigenvalue weighted by molar-refractivity contribution is 5.81. The zero-order chi connectivity index (χ0) is 15.4. The number of ether oxygens (including phenoxy) is 1. The van der Waals surface area contributed by atoms with E-state index in [1.807, 2.05) is 0 Å². The van der Waals surface area contributed by atoms with E-state index in [4.69, 9.17) is 4.74 Å². The van der Waals surface area contributed by atoms with Gasteiger partial charge in [0.25, 0.3) is 0 Å². The van der Waals surface area contributed by atoms with E-state index in [0.717, 1.165) is 43.3 Å². The first kappa shape index (κ1) is 18.6. The summed E-state index contributed by atoms with van der Waals surface area (Å²) >= 11 is 0. The van der Waals surface area contributed by atoms with Gasteiger partial charge in [-0.25, -0.2) is 4.79 Å². The van der Waals surface area contributed by atoms with E-state index < -0.39 is 5.97 Å². The van der Waals surface area contributed by atoms with Crippen LogP contribution in [0.5, 0.6) is 0 Å². The van der Waals surface area contributed by atoms with Crippen molar-refractivity contribution in [3.8, 4) is 0 Å². The quantitative estimate of drug-likeness (QED) is 0.231. The summed E-state index contributed by atoms with van der Waals surface area (Å²) in [7, 11) is 4.30. The Hall–Kier alpha value is -1.36. The van der Waals surface area contributed by atoms with Gasteiger partial charge in [-0.1, -0.05) is 6.58 Å². The van der Waals surface area contributed by atoms with Gasteiger partial charge in [0.1, 0.15) is 0 Å². The smallest absolute Gasteiger partial charge is 0.330 e. The molecule has 0 bridgehead atoms. The van der Waals surface area contributed by atoms with Crippen molar-refractivity contribution in [3.05, 3.63) is 12.7 Å². The van der Waals surface area contributed by atoms with Crippen LogP contribution < -0.4 is 5.11 Å². The summed E-state index contributed by atoms with van der Waals surface area (Å²) in [5, 5.41) is 10.3. The minimum Gasteiger partial charge on any atom is -0.550 e. The molecule has 0 aliphatic heterocycles. The number of carboxylic acid groups (broad SMARTS) is 1. The molecule has 0 spiro atoms. The molecular weight excluding hydrogens is 258 g/mol. The number of hydrogen-bond acceptors (Lipinski definition) is 4. The van der Waals surface area contributed by atoms with Gasteiger partial charge < -0.3 is 19.1 Å². The molecular formula is C15H27NO4. The summed E-state index contributed by atoms with van der Waals surface area (Å²) in [6.07, 6.45) is 5.86. The molecule has 0 unspecified atom stereocenters. The summed E-state index contributed by atoms with van der Waals surface area (Å²) < 4.78 is 5.79. The van der Waals surface area contributed by atoms with E-state index in [2.05, 4.69) is 20.7 Å². The maximum Gasteiger partial charge on any atom is 0.330 e. The minimum absolute atomic E-state index is 0.147. The largest absolute Gasteiger partial charge is 0.550 e. The molecule has 5 nitrogen and oxygen atoms in total. The van der Waals surface area contributed by atoms with Gasteiger partial charge in [-0.05, 0) is 38.5 Å². The van der Waals surface area contributed by atoms with Gasteiger partial charge in [0.15, 0.2) is 0 Å². The molecule has 20 heavy (non-hydrogen) atoms. The van der Waals surface area contributed by atoms with E-state index in [9.17, 15) is 14.7 Å². The van der Waals surface area contributed by atoms with E-state index in [-0.39, 0.29) is 12.4 Å². The van der Waals surface area contributed by atoms with Crippen LogP contribution in [0.1, 0.15) is 38.5 Å². The average molecular weight is 285 g/mol. The highest BCUT2D eigenvalue weighted by Gasteiger charge is 2.13. The highest BCUT2D eigenvalue weighted by atomic mass is 16.5. The Balaban J connectivity index is 3.54. The second-order valence-electron chi connectivity index (χ2n) is 5.64. The van der Waals surface area contributed by atoms with E-state index in [1.165, 1.54) is 6.08 Å². The Morgan fingerprint density at radius 3 is 2.25 bits per heavy atom. The Kier molecular flexibility index (Phi) is 9.72. The molecule has 0 saturated carbocycles. The number of hydrogen-bond donors (Lipinski definition) is 0. The zero-order valence-electron chi connectivity index (χ0n) is 12.7. The third-order valence-electron chi connectivity index (χ3n) is 3.21. The molecule has 0 heterocycles. The summed E-state index contributed by atoms with van der Waals surface area (Å²) in [6.45, 7) is 5.80. The van der Waals surface area contributed by atoms with Crippen LogP contribution in [-0.4, -0.2) is 50.2 Å². The van der Waals surface area contributed by atoms with E-state index in [0.29, 0.717) is 13.0 Å². The van der Waals surface area contributed by atoms with Crippen molar-refractivity contribution in [3.63, 3.8) is 0 Å². The molecule has 0 aliphatic carbocycles. The first-order valence-electron chi connectivity index (χ1n) is 7.18.